The zero-order chi connectivity index (χ0) is 20.4. The summed E-state index contributed by atoms with van der Waals surface area (Å²) < 4.78 is 16.6. The SMILES string of the molecule is COc1ccc(C(OC[C@H](O)CNCCN(C)C)c2ccc(OC)cc2)cc1. The third kappa shape index (κ3) is 7.13. The van der Waals surface area contributed by atoms with Gasteiger partial charge in [0.25, 0.3) is 0 Å². The molecule has 2 rings (SSSR count). The Balaban J connectivity index is 2.03. The second-order valence-electron chi connectivity index (χ2n) is 6.92. The molecule has 2 aromatic rings. The van der Waals surface area contributed by atoms with Gasteiger partial charge < -0.3 is 29.5 Å². The predicted molar refractivity (Wildman–Crippen MR) is 111 cm³/mol. The molecule has 0 aromatic heterocycles. The van der Waals surface area contributed by atoms with Gasteiger partial charge in [0.05, 0.1) is 26.9 Å². The summed E-state index contributed by atoms with van der Waals surface area (Å²) in [4.78, 5) is 2.10. The van der Waals surface area contributed by atoms with Gasteiger partial charge in [-0.1, -0.05) is 24.3 Å². The number of hydrogen-bond donors (Lipinski definition) is 2. The Morgan fingerprint density at radius 2 is 1.39 bits per heavy atom. The zero-order valence-corrected chi connectivity index (χ0v) is 17.2. The van der Waals surface area contributed by atoms with Crippen LogP contribution in [0.2, 0.25) is 0 Å². The molecule has 28 heavy (non-hydrogen) atoms. The number of aliphatic hydroxyl groups excluding tert-OH is 1. The van der Waals surface area contributed by atoms with Crippen molar-refractivity contribution in [3.8, 4) is 11.5 Å². The van der Waals surface area contributed by atoms with Crippen LogP contribution in [0.4, 0.5) is 0 Å². The van der Waals surface area contributed by atoms with Crippen LogP contribution in [0.5, 0.6) is 11.5 Å². The van der Waals surface area contributed by atoms with Crippen molar-refractivity contribution in [3.63, 3.8) is 0 Å². The fraction of sp³-hybridized carbons (Fsp3) is 0.455. The van der Waals surface area contributed by atoms with Crippen molar-refractivity contribution >= 4 is 0 Å². The average molecular weight is 389 g/mol. The van der Waals surface area contributed by atoms with Crippen LogP contribution >= 0.6 is 0 Å². The molecule has 0 heterocycles. The standard InChI is InChI=1S/C22H32N2O4/c1-24(2)14-13-23-15-19(25)16-28-22(17-5-9-20(26-3)10-6-17)18-7-11-21(27-4)12-8-18/h5-12,19,22-23,25H,13-16H2,1-4H3/t19-/m1/s1. The maximum absolute atomic E-state index is 10.3. The molecule has 6 nitrogen and oxygen atoms in total. The van der Waals surface area contributed by atoms with E-state index in [2.05, 4.69) is 10.2 Å². The highest BCUT2D eigenvalue weighted by Crippen LogP contribution is 2.29. The molecule has 0 amide bonds. The lowest BCUT2D eigenvalue weighted by atomic mass is 10.0. The Morgan fingerprint density at radius 3 is 1.82 bits per heavy atom. The molecular weight excluding hydrogens is 356 g/mol. The smallest absolute Gasteiger partial charge is 0.118 e. The van der Waals surface area contributed by atoms with Crippen molar-refractivity contribution in [2.24, 2.45) is 0 Å². The summed E-state index contributed by atoms with van der Waals surface area (Å²) in [6.07, 6.45) is -0.866. The molecule has 2 aromatic carbocycles. The normalized spacial score (nSPS) is 12.4. The van der Waals surface area contributed by atoms with E-state index in [9.17, 15) is 5.11 Å². The number of rotatable bonds is 12. The molecule has 1 atom stereocenters. The van der Waals surface area contributed by atoms with Gasteiger partial charge in [-0.25, -0.2) is 0 Å². The summed E-state index contributed by atoms with van der Waals surface area (Å²) in [7, 11) is 7.34. The molecule has 0 aliphatic heterocycles. The lowest BCUT2D eigenvalue weighted by molar-refractivity contribution is 0.00655. The van der Waals surface area contributed by atoms with E-state index in [-0.39, 0.29) is 12.7 Å². The summed E-state index contributed by atoms with van der Waals surface area (Å²) in [6, 6.07) is 15.6. The predicted octanol–water partition coefficient (Wildman–Crippen LogP) is 2.32. The highest BCUT2D eigenvalue weighted by molar-refractivity contribution is 5.36. The highest BCUT2D eigenvalue weighted by Gasteiger charge is 2.17. The second kappa shape index (κ2) is 11.7. The molecule has 0 aliphatic carbocycles. The summed E-state index contributed by atoms with van der Waals surface area (Å²) in [5.41, 5.74) is 2.00. The van der Waals surface area contributed by atoms with Gasteiger partial charge >= 0.3 is 0 Å². The van der Waals surface area contributed by atoms with Crippen LogP contribution in [-0.2, 0) is 4.74 Å². The number of aliphatic hydroxyl groups is 1. The van der Waals surface area contributed by atoms with Gasteiger partial charge in [-0.05, 0) is 49.5 Å². The molecule has 0 unspecified atom stereocenters. The lowest BCUT2D eigenvalue weighted by Gasteiger charge is -2.22. The first-order valence-electron chi connectivity index (χ1n) is 9.46. The third-order valence-corrected chi connectivity index (χ3v) is 4.41. The minimum Gasteiger partial charge on any atom is -0.497 e. The van der Waals surface area contributed by atoms with Gasteiger partial charge in [-0.2, -0.15) is 0 Å². The van der Waals surface area contributed by atoms with Crippen LogP contribution in [-0.4, -0.2) is 70.7 Å². The average Bonchev–Trinajstić information content (AvgIpc) is 2.72. The first-order valence-corrected chi connectivity index (χ1v) is 9.46. The van der Waals surface area contributed by atoms with Crippen LogP contribution in [0, 0.1) is 0 Å². The minimum absolute atomic E-state index is 0.234. The number of nitrogens with zero attached hydrogens (tertiary/aromatic N) is 1. The summed E-state index contributed by atoms with van der Waals surface area (Å²) in [5.74, 6) is 1.59. The van der Waals surface area contributed by atoms with E-state index in [1.165, 1.54) is 0 Å². The van der Waals surface area contributed by atoms with Crippen molar-refractivity contribution in [2.45, 2.75) is 12.2 Å². The first-order chi connectivity index (χ1) is 13.5. The van der Waals surface area contributed by atoms with E-state index in [1.807, 2.05) is 62.6 Å². The molecule has 0 saturated heterocycles. The number of nitrogens with one attached hydrogen (secondary N) is 1. The molecule has 0 aliphatic rings. The Labute approximate surface area is 168 Å². The van der Waals surface area contributed by atoms with E-state index < -0.39 is 6.10 Å². The monoisotopic (exact) mass is 388 g/mol. The van der Waals surface area contributed by atoms with Crippen LogP contribution < -0.4 is 14.8 Å². The Hall–Kier alpha value is -2.12. The number of hydrogen-bond acceptors (Lipinski definition) is 6. The van der Waals surface area contributed by atoms with Crippen molar-refractivity contribution in [1.82, 2.24) is 10.2 Å². The lowest BCUT2D eigenvalue weighted by Crippen LogP contribution is -2.35. The fourth-order valence-electron chi connectivity index (χ4n) is 2.78. The maximum Gasteiger partial charge on any atom is 0.118 e. The first kappa shape index (κ1) is 22.2. The largest absolute Gasteiger partial charge is 0.497 e. The van der Waals surface area contributed by atoms with E-state index in [1.54, 1.807) is 14.2 Å². The molecule has 154 valence electrons. The Bertz CT molecular complexity index is 626. The van der Waals surface area contributed by atoms with Crippen molar-refractivity contribution in [1.29, 1.82) is 0 Å². The van der Waals surface area contributed by atoms with Gasteiger partial charge in [0.2, 0.25) is 0 Å². The minimum atomic E-state index is -0.582. The van der Waals surface area contributed by atoms with E-state index in [0.717, 1.165) is 35.7 Å². The van der Waals surface area contributed by atoms with Crippen LogP contribution in [0.15, 0.2) is 48.5 Å². The van der Waals surface area contributed by atoms with Gasteiger partial charge in [-0.3, -0.25) is 0 Å². The molecule has 0 spiro atoms. The van der Waals surface area contributed by atoms with E-state index >= 15 is 0 Å². The van der Waals surface area contributed by atoms with Gasteiger partial charge in [0.15, 0.2) is 0 Å². The van der Waals surface area contributed by atoms with Crippen molar-refractivity contribution < 1.29 is 19.3 Å². The number of ether oxygens (including phenoxy) is 3. The summed E-state index contributed by atoms with van der Waals surface area (Å²) in [5, 5.41) is 13.5. The van der Waals surface area contributed by atoms with Gasteiger partial charge in [0, 0.05) is 19.6 Å². The second-order valence-corrected chi connectivity index (χ2v) is 6.92. The maximum atomic E-state index is 10.3. The molecule has 2 N–H and O–H groups in total. The highest BCUT2D eigenvalue weighted by atomic mass is 16.5. The molecule has 0 radical (unpaired) electrons. The molecule has 0 fully saturated rings. The fourth-order valence-corrected chi connectivity index (χ4v) is 2.78. The van der Waals surface area contributed by atoms with E-state index in [4.69, 9.17) is 14.2 Å². The molecular formula is C22H32N2O4. The van der Waals surface area contributed by atoms with Crippen molar-refractivity contribution in [3.05, 3.63) is 59.7 Å². The number of likely N-dealkylation sites (N-methyl/N-ethyl adjacent to an activating group) is 1. The van der Waals surface area contributed by atoms with Gasteiger partial charge in [-0.15, -0.1) is 0 Å². The number of methoxy groups -OCH3 is 2. The zero-order valence-electron chi connectivity index (χ0n) is 17.2. The number of benzene rings is 2. The molecule has 6 heteroatoms. The quantitative estimate of drug-likeness (QED) is 0.544. The van der Waals surface area contributed by atoms with E-state index in [0.29, 0.717) is 6.54 Å². The van der Waals surface area contributed by atoms with Crippen LogP contribution in [0.3, 0.4) is 0 Å². The van der Waals surface area contributed by atoms with Crippen molar-refractivity contribution in [2.75, 3.05) is 54.6 Å². The van der Waals surface area contributed by atoms with Gasteiger partial charge in [0.1, 0.15) is 17.6 Å². The Morgan fingerprint density at radius 1 is 0.893 bits per heavy atom. The Kier molecular flexibility index (Phi) is 9.23. The molecule has 0 bridgehead atoms. The third-order valence-electron chi connectivity index (χ3n) is 4.41. The topological polar surface area (TPSA) is 63.2 Å². The van der Waals surface area contributed by atoms with Crippen LogP contribution in [0.1, 0.15) is 17.2 Å². The summed E-state index contributed by atoms with van der Waals surface area (Å²) >= 11 is 0. The summed E-state index contributed by atoms with van der Waals surface area (Å²) in [6.45, 7) is 2.47. The van der Waals surface area contributed by atoms with Crippen LogP contribution in [0.25, 0.3) is 0 Å². The molecule has 0 saturated carbocycles.